The minimum absolute atomic E-state index is 0.0729. The maximum Gasteiger partial charge on any atom is 0.336 e. The Hall–Kier alpha value is -1.25. The van der Waals surface area contributed by atoms with Crippen molar-refractivity contribution < 1.29 is 23.6 Å². The van der Waals surface area contributed by atoms with Gasteiger partial charge in [-0.25, -0.2) is 4.79 Å². The Kier molecular flexibility index (Phi) is 6.83. The number of ether oxygens (including phenoxy) is 1. The molecule has 8 heteroatoms. The Balaban J connectivity index is 2.79. The van der Waals surface area contributed by atoms with Gasteiger partial charge in [-0.15, -0.1) is 0 Å². The van der Waals surface area contributed by atoms with Gasteiger partial charge in [-0.3, -0.25) is 9.00 Å². The second kappa shape index (κ2) is 8.13. The number of amides is 1. The van der Waals surface area contributed by atoms with Gasteiger partial charge in [0.1, 0.15) is 5.75 Å². The Morgan fingerprint density at radius 1 is 1.45 bits per heavy atom. The average Bonchev–Trinajstić information content (AvgIpc) is 2.38. The number of hydrogen-bond donors (Lipinski definition) is 2. The third kappa shape index (κ3) is 5.03. The molecule has 0 spiro atoms. The van der Waals surface area contributed by atoms with E-state index >= 15 is 0 Å². The summed E-state index contributed by atoms with van der Waals surface area (Å²) in [5.41, 5.74) is -0.0729. The van der Waals surface area contributed by atoms with E-state index in [1.807, 2.05) is 0 Å². The van der Waals surface area contributed by atoms with Gasteiger partial charge in [0.15, 0.2) is 0 Å². The van der Waals surface area contributed by atoms with Gasteiger partial charge < -0.3 is 15.2 Å². The summed E-state index contributed by atoms with van der Waals surface area (Å²) in [5, 5.41) is 11.6. The molecule has 1 atom stereocenters. The summed E-state index contributed by atoms with van der Waals surface area (Å²) in [4.78, 5) is 22.7. The van der Waals surface area contributed by atoms with Crippen LogP contribution in [0.5, 0.6) is 0 Å². The van der Waals surface area contributed by atoms with Gasteiger partial charge in [-0.05, 0) is 18.2 Å². The average molecular weight is 364 g/mol. The van der Waals surface area contributed by atoms with Gasteiger partial charge in [0, 0.05) is 18.1 Å². The van der Waals surface area contributed by atoms with E-state index in [0.717, 1.165) is 0 Å². The summed E-state index contributed by atoms with van der Waals surface area (Å²) >= 11 is 3.19. The van der Waals surface area contributed by atoms with Gasteiger partial charge in [0.05, 0.1) is 27.9 Å². The predicted molar refractivity (Wildman–Crippen MR) is 77.3 cm³/mol. The minimum atomic E-state index is -1.73. The van der Waals surface area contributed by atoms with Crippen LogP contribution in [0.3, 0.4) is 0 Å². The van der Waals surface area contributed by atoms with Gasteiger partial charge >= 0.3 is 5.97 Å². The summed E-state index contributed by atoms with van der Waals surface area (Å²) in [6, 6.07) is 4.34. The minimum Gasteiger partial charge on any atom is -0.478 e. The highest BCUT2D eigenvalue weighted by atomic mass is 79.9. The number of carboxylic acids is 1. The molecule has 0 aromatic heterocycles. The lowest BCUT2D eigenvalue weighted by atomic mass is 10.2. The van der Waals surface area contributed by atoms with Gasteiger partial charge in [0.2, 0.25) is 5.91 Å². The molecule has 0 fully saturated rings. The number of carbonyl (C=O) groups is 2. The van der Waals surface area contributed by atoms with E-state index in [2.05, 4.69) is 21.2 Å². The van der Waals surface area contributed by atoms with Crippen LogP contribution in [-0.2, 0) is 20.3 Å². The molecule has 20 heavy (non-hydrogen) atoms. The normalized spacial score (nSPS) is 11.9. The fourth-order valence-corrected chi connectivity index (χ4v) is 3.07. The van der Waals surface area contributed by atoms with E-state index in [9.17, 15) is 13.8 Å². The number of halogens is 1. The van der Waals surface area contributed by atoms with Crippen molar-refractivity contribution in [2.45, 2.75) is 4.90 Å². The molecule has 0 heterocycles. The molecular formula is C12H14BrNO5S. The zero-order valence-electron chi connectivity index (χ0n) is 10.7. The summed E-state index contributed by atoms with van der Waals surface area (Å²) in [5.74, 6) is -1.89. The largest absolute Gasteiger partial charge is 0.478 e. The van der Waals surface area contributed by atoms with Crippen molar-refractivity contribution in [3.05, 3.63) is 28.2 Å². The number of hydrogen-bond acceptors (Lipinski definition) is 4. The highest BCUT2D eigenvalue weighted by Crippen LogP contribution is 2.20. The summed E-state index contributed by atoms with van der Waals surface area (Å²) < 4.78 is 17.5. The smallest absolute Gasteiger partial charge is 0.336 e. The second-order valence-corrected chi connectivity index (χ2v) is 6.11. The van der Waals surface area contributed by atoms with Crippen molar-refractivity contribution in [2.75, 3.05) is 26.0 Å². The molecule has 0 aliphatic rings. The summed E-state index contributed by atoms with van der Waals surface area (Å²) in [7, 11) is -0.220. The number of carbonyl (C=O) groups excluding carboxylic acids is 1. The third-order valence-electron chi connectivity index (χ3n) is 2.31. The topological polar surface area (TPSA) is 92.7 Å². The lowest BCUT2D eigenvalue weighted by molar-refractivity contribution is -0.118. The van der Waals surface area contributed by atoms with Crippen LogP contribution >= 0.6 is 15.9 Å². The first-order chi connectivity index (χ1) is 9.45. The molecule has 1 amide bonds. The van der Waals surface area contributed by atoms with Crippen LogP contribution in [0.1, 0.15) is 10.4 Å². The number of rotatable bonds is 7. The first kappa shape index (κ1) is 16.8. The molecule has 0 radical (unpaired) electrons. The predicted octanol–water partition coefficient (Wildman–Crippen LogP) is 1.02. The molecule has 110 valence electrons. The van der Waals surface area contributed by atoms with Crippen molar-refractivity contribution in [3.8, 4) is 0 Å². The van der Waals surface area contributed by atoms with Crippen molar-refractivity contribution in [3.63, 3.8) is 0 Å². The number of nitrogens with one attached hydrogen (secondary N) is 1. The van der Waals surface area contributed by atoms with Crippen molar-refractivity contribution in [1.82, 2.24) is 5.32 Å². The molecule has 0 aliphatic carbocycles. The maximum absolute atomic E-state index is 12.1. The molecule has 0 aliphatic heterocycles. The molecule has 1 aromatic carbocycles. The standard InChI is InChI=1S/C12H14BrNO5S/c1-19-5-4-14-11(15)7-20(18)10-6-8(13)2-3-9(10)12(16)17/h2-3,6H,4-5,7H2,1H3,(H,14,15)(H,16,17). The Bertz CT molecular complexity index is 535. The number of methoxy groups -OCH3 is 1. The Morgan fingerprint density at radius 3 is 2.75 bits per heavy atom. The lowest BCUT2D eigenvalue weighted by Gasteiger charge is -2.07. The molecule has 1 rings (SSSR count). The second-order valence-electron chi connectivity index (χ2n) is 3.78. The van der Waals surface area contributed by atoms with Gasteiger partial charge in [0.25, 0.3) is 0 Å². The number of benzene rings is 1. The molecule has 1 aromatic rings. The van der Waals surface area contributed by atoms with E-state index in [4.69, 9.17) is 9.84 Å². The molecule has 0 saturated carbocycles. The Morgan fingerprint density at radius 2 is 2.15 bits per heavy atom. The fraction of sp³-hybridized carbons (Fsp3) is 0.333. The zero-order valence-corrected chi connectivity index (χ0v) is 13.1. The number of carboxylic acid groups (broad SMARTS) is 1. The SMILES string of the molecule is COCCNC(=O)CS(=O)c1cc(Br)ccc1C(=O)O. The molecule has 6 nitrogen and oxygen atoms in total. The van der Waals surface area contributed by atoms with Gasteiger partial charge in [-0.1, -0.05) is 15.9 Å². The highest BCUT2D eigenvalue weighted by molar-refractivity contribution is 9.10. The monoisotopic (exact) mass is 363 g/mol. The molecule has 1 unspecified atom stereocenters. The lowest BCUT2D eigenvalue weighted by Crippen LogP contribution is -2.31. The van der Waals surface area contributed by atoms with Crippen molar-refractivity contribution in [1.29, 1.82) is 0 Å². The van der Waals surface area contributed by atoms with E-state index in [0.29, 0.717) is 17.6 Å². The Labute approximate surface area is 127 Å². The van der Waals surface area contributed by atoms with E-state index in [-0.39, 0.29) is 16.2 Å². The fourth-order valence-electron chi connectivity index (χ4n) is 1.40. The van der Waals surface area contributed by atoms with E-state index in [1.54, 1.807) is 6.07 Å². The van der Waals surface area contributed by atoms with Crippen LogP contribution in [0.2, 0.25) is 0 Å². The molecule has 2 N–H and O–H groups in total. The van der Waals surface area contributed by atoms with Crippen LogP contribution in [0.4, 0.5) is 0 Å². The van der Waals surface area contributed by atoms with E-state index in [1.165, 1.54) is 19.2 Å². The highest BCUT2D eigenvalue weighted by Gasteiger charge is 2.18. The van der Waals surface area contributed by atoms with Gasteiger partial charge in [-0.2, -0.15) is 0 Å². The first-order valence-corrected chi connectivity index (χ1v) is 7.73. The van der Waals surface area contributed by atoms with Crippen LogP contribution in [-0.4, -0.2) is 47.2 Å². The maximum atomic E-state index is 12.1. The zero-order chi connectivity index (χ0) is 15.1. The van der Waals surface area contributed by atoms with Crippen LogP contribution in [0.25, 0.3) is 0 Å². The summed E-state index contributed by atoms with van der Waals surface area (Å²) in [6.07, 6.45) is 0. The quantitative estimate of drug-likeness (QED) is 0.705. The molecule has 0 saturated heterocycles. The third-order valence-corrected chi connectivity index (χ3v) is 4.16. The molecular weight excluding hydrogens is 350 g/mol. The van der Waals surface area contributed by atoms with Crippen LogP contribution in [0, 0.1) is 0 Å². The first-order valence-electron chi connectivity index (χ1n) is 5.62. The summed E-state index contributed by atoms with van der Waals surface area (Å²) in [6.45, 7) is 0.673. The van der Waals surface area contributed by atoms with Crippen LogP contribution in [0.15, 0.2) is 27.6 Å². The van der Waals surface area contributed by atoms with Crippen molar-refractivity contribution >= 4 is 38.6 Å². The van der Waals surface area contributed by atoms with E-state index < -0.39 is 22.7 Å². The number of aromatic carboxylic acids is 1. The van der Waals surface area contributed by atoms with Crippen LogP contribution < -0.4 is 5.32 Å². The van der Waals surface area contributed by atoms with Crippen molar-refractivity contribution in [2.24, 2.45) is 0 Å². The molecule has 0 bridgehead atoms.